The number of carbonyl (C=O) groups excluding carboxylic acids is 1. The highest BCUT2D eigenvalue weighted by Gasteiger charge is 2.14. The summed E-state index contributed by atoms with van der Waals surface area (Å²) in [6, 6.07) is 5.02. The fourth-order valence-corrected chi connectivity index (χ4v) is 2.62. The minimum absolute atomic E-state index is 0.298. The number of hydrogen-bond acceptors (Lipinski definition) is 3. The topological polar surface area (TPSA) is 29.1 Å². The average molecular weight is 249 g/mol. The Morgan fingerprint density at radius 1 is 1.35 bits per heavy atom. The standard InChI is InChI=1S/C13H12FNOS/c1-8-3-4-9(12(14)5-8)11-7-17-13(15-2)10(11)6-16/h3-7,15H,1-2H3. The van der Waals surface area contributed by atoms with Gasteiger partial charge in [-0.2, -0.15) is 0 Å². The summed E-state index contributed by atoms with van der Waals surface area (Å²) in [6.07, 6.45) is 0.761. The van der Waals surface area contributed by atoms with Crippen LogP contribution in [-0.4, -0.2) is 13.3 Å². The maximum atomic E-state index is 13.8. The van der Waals surface area contributed by atoms with Crippen molar-refractivity contribution in [3.63, 3.8) is 0 Å². The van der Waals surface area contributed by atoms with Crippen molar-refractivity contribution in [1.82, 2.24) is 0 Å². The Kier molecular flexibility index (Phi) is 3.24. The zero-order valence-corrected chi connectivity index (χ0v) is 10.4. The molecule has 17 heavy (non-hydrogen) atoms. The summed E-state index contributed by atoms with van der Waals surface area (Å²) in [5.41, 5.74) is 2.49. The maximum Gasteiger partial charge on any atom is 0.153 e. The van der Waals surface area contributed by atoms with Gasteiger partial charge in [0.05, 0.1) is 10.6 Å². The molecule has 0 spiro atoms. The second-order valence-corrected chi connectivity index (χ2v) is 4.62. The Morgan fingerprint density at radius 2 is 2.12 bits per heavy atom. The molecule has 1 aromatic carbocycles. The van der Waals surface area contributed by atoms with E-state index in [2.05, 4.69) is 5.32 Å². The first-order valence-corrected chi connectivity index (χ1v) is 6.06. The van der Waals surface area contributed by atoms with E-state index in [1.165, 1.54) is 17.4 Å². The van der Waals surface area contributed by atoms with Crippen molar-refractivity contribution < 1.29 is 9.18 Å². The highest BCUT2D eigenvalue weighted by atomic mass is 32.1. The van der Waals surface area contributed by atoms with Crippen LogP contribution in [0.2, 0.25) is 0 Å². The van der Waals surface area contributed by atoms with Crippen LogP contribution in [0.15, 0.2) is 23.6 Å². The Labute approximate surface area is 103 Å². The highest BCUT2D eigenvalue weighted by molar-refractivity contribution is 7.15. The van der Waals surface area contributed by atoms with Crippen molar-refractivity contribution in [2.75, 3.05) is 12.4 Å². The number of rotatable bonds is 3. The molecule has 0 amide bonds. The summed E-state index contributed by atoms with van der Waals surface area (Å²) in [4.78, 5) is 11.1. The van der Waals surface area contributed by atoms with Crippen molar-refractivity contribution in [3.05, 3.63) is 40.5 Å². The van der Waals surface area contributed by atoms with Crippen LogP contribution in [0.25, 0.3) is 11.1 Å². The lowest BCUT2D eigenvalue weighted by Gasteiger charge is -2.04. The van der Waals surface area contributed by atoms with Crippen molar-refractivity contribution in [2.24, 2.45) is 0 Å². The third kappa shape index (κ3) is 2.08. The molecule has 1 N–H and O–H groups in total. The van der Waals surface area contributed by atoms with E-state index in [9.17, 15) is 9.18 Å². The Bertz CT molecular complexity index is 563. The lowest BCUT2D eigenvalue weighted by Crippen LogP contribution is -1.92. The molecule has 4 heteroatoms. The number of carbonyl (C=O) groups is 1. The van der Waals surface area contributed by atoms with Crippen molar-refractivity contribution in [2.45, 2.75) is 6.92 Å². The number of halogens is 1. The van der Waals surface area contributed by atoms with Gasteiger partial charge in [-0.25, -0.2) is 4.39 Å². The predicted molar refractivity (Wildman–Crippen MR) is 69.4 cm³/mol. The number of benzene rings is 1. The van der Waals surface area contributed by atoms with E-state index in [-0.39, 0.29) is 5.82 Å². The zero-order valence-electron chi connectivity index (χ0n) is 9.58. The Hall–Kier alpha value is -1.68. The van der Waals surface area contributed by atoms with Gasteiger partial charge in [0.25, 0.3) is 0 Å². The second-order valence-electron chi connectivity index (χ2n) is 3.74. The molecule has 1 aromatic heterocycles. The third-order valence-corrected chi connectivity index (χ3v) is 3.60. The van der Waals surface area contributed by atoms with Crippen LogP contribution in [0.5, 0.6) is 0 Å². The molecule has 0 fully saturated rings. The number of hydrogen-bond donors (Lipinski definition) is 1. The smallest absolute Gasteiger partial charge is 0.153 e. The summed E-state index contributed by atoms with van der Waals surface area (Å²) in [6.45, 7) is 1.83. The number of aryl methyl sites for hydroxylation is 1. The quantitative estimate of drug-likeness (QED) is 0.840. The van der Waals surface area contributed by atoms with E-state index in [4.69, 9.17) is 0 Å². The van der Waals surface area contributed by atoms with E-state index in [1.54, 1.807) is 18.5 Å². The van der Waals surface area contributed by atoms with Gasteiger partial charge in [0.15, 0.2) is 6.29 Å². The van der Waals surface area contributed by atoms with Gasteiger partial charge in [-0.1, -0.05) is 12.1 Å². The molecular formula is C13H12FNOS. The van der Waals surface area contributed by atoms with Gasteiger partial charge in [0.1, 0.15) is 5.82 Å². The number of thiophene rings is 1. The van der Waals surface area contributed by atoms with Gasteiger partial charge < -0.3 is 5.32 Å². The molecule has 2 rings (SSSR count). The third-order valence-electron chi connectivity index (χ3n) is 2.59. The molecule has 0 saturated carbocycles. The van der Waals surface area contributed by atoms with E-state index in [1.807, 2.05) is 13.0 Å². The molecule has 0 bridgehead atoms. The molecule has 88 valence electrons. The number of aldehydes is 1. The van der Waals surface area contributed by atoms with Gasteiger partial charge >= 0.3 is 0 Å². The minimum Gasteiger partial charge on any atom is -0.379 e. The van der Waals surface area contributed by atoms with Crippen LogP contribution < -0.4 is 5.32 Å². The van der Waals surface area contributed by atoms with Crippen LogP contribution >= 0.6 is 11.3 Å². The summed E-state index contributed by atoms with van der Waals surface area (Å²) in [5.74, 6) is -0.298. The van der Waals surface area contributed by atoms with Crippen LogP contribution in [0.1, 0.15) is 15.9 Å². The molecule has 0 unspecified atom stereocenters. The van der Waals surface area contributed by atoms with Gasteiger partial charge in [-0.3, -0.25) is 4.79 Å². The summed E-state index contributed by atoms with van der Waals surface area (Å²) in [5, 5.41) is 5.49. The van der Waals surface area contributed by atoms with Gasteiger partial charge in [-0.15, -0.1) is 11.3 Å². The normalized spacial score (nSPS) is 10.3. The minimum atomic E-state index is -0.298. The van der Waals surface area contributed by atoms with Crippen LogP contribution in [-0.2, 0) is 0 Å². The molecule has 0 radical (unpaired) electrons. The SMILES string of the molecule is CNc1scc(-c2ccc(C)cc2F)c1C=O. The predicted octanol–water partition coefficient (Wildman–Crippen LogP) is 3.72. The molecule has 2 nitrogen and oxygen atoms in total. The summed E-state index contributed by atoms with van der Waals surface area (Å²) < 4.78 is 13.8. The first-order valence-electron chi connectivity index (χ1n) is 5.18. The molecule has 0 aliphatic carbocycles. The molecular weight excluding hydrogens is 237 g/mol. The van der Waals surface area contributed by atoms with E-state index < -0.39 is 0 Å². The summed E-state index contributed by atoms with van der Waals surface area (Å²) in [7, 11) is 1.74. The fourth-order valence-electron chi connectivity index (χ4n) is 1.72. The Morgan fingerprint density at radius 3 is 2.71 bits per heavy atom. The molecule has 0 aliphatic heterocycles. The van der Waals surface area contributed by atoms with Crippen molar-refractivity contribution >= 4 is 22.6 Å². The van der Waals surface area contributed by atoms with Crippen molar-refractivity contribution in [1.29, 1.82) is 0 Å². The molecule has 2 aromatic rings. The monoisotopic (exact) mass is 249 g/mol. The number of nitrogens with one attached hydrogen (secondary N) is 1. The van der Waals surface area contributed by atoms with Crippen molar-refractivity contribution in [3.8, 4) is 11.1 Å². The molecule has 0 saturated heterocycles. The maximum absolute atomic E-state index is 13.8. The summed E-state index contributed by atoms with van der Waals surface area (Å²) >= 11 is 1.40. The molecule has 1 heterocycles. The number of anilines is 1. The molecule has 0 atom stereocenters. The van der Waals surface area contributed by atoms with E-state index >= 15 is 0 Å². The van der Waals surface area contributed by atoms with Gasteiger partial charge in [-0.05, 0) is 18.6 Å². The molecule has 0 aliphatic rings. The highest BCUT2D eigenvalue weighted by Crippen LogP contribution is 2.35. The van der Waals surface area contributed by atoms with E-state index in [0.29, 0.717) is 16.7 Å². The van der Waals surface area contributed by atoms with E-state index in [0.717, 1.165) is 16.9 Å². The first kappa shape index (κ1) is 11.8. The van der Waals surface area contributed by atoms with Crippen LogP contribution in [0, 0.1) is 12.7 Å². The first-order chi connectivity index (χ1) is 8.17. The van der Waals surface area contributed by atoms with Crippen LogP contribution in [0.3, 0.4) is 0 Å². The van der Waals surface area contributed by atoms with Crippen LogP contribution in [0.4, 0.5) is 9.39 Å². The zero-order chi connectivity index (χ0) is 12.4. The second kappa shape index (κ2) is 4.67. The van der Waals surface area contributed by atoms with Gasteiger partial charge in [0, 0.05) is 23.6 Å². The fraction of sp³-hybridized carbons (Fsp3) is 0.154. The largest absolute Gasteiger partial charge is 0.379 e. The Balaban J connectivity index is 2.60. The average Bonchev–Trinajstić information content (AvgIpc) is 2.71. The lowest BCUT2D eigenvalue weighted by molar-refractivity contribution is 0.112. The van der Waals surface area contributed by atoms with Gasteiger partial charge in [0.2, 0.25) is 0 Å². The lowest BCUT2D eigenvalue weighted by atomic mass is 10.0.